The molecule has 1 aliphatic carbocycles. The fraction of sp³-hybridized carbons (Fsp3) is 0.385. The summed E-state index contributed by atoms with van der Waals surface area (Å²) in [6.07, 6.45) is 9.44. The van der Waals surface area contributed by atoms with Gasteiger partial charge in [0.25, 0.3) is 5.56 Å². The van der Waals surface area contributed by atoms with E-state index in [0.29, 0.717) is 48.7 Å². The van der Waals surface area contributed by atoms with E-state index in [1.165, 1.54) is 9.87 Å². The molecule has 8 heteroatoms. The van der Waals surface area contributed by atoms with Gasteiger partial charge in [0, 0.05) is 23.9 Å². The molecule has 0 radical (unpaired) electrons. The van der Waals surface area contributed by atoms with Crippen molar-refractivity contribution in [2.75, 3.05) is 6.54 Å². The van der Waals surface area contributed by atoms with Gasteiger partial charge in [-0.15, -0.1) is 0 Å². The van der Waals surface area contributed by atoms with Crippen molar-refractivity contribution in [3.05, 3.63) is 81.1 Å². The van der Waals surface area contributed by atoms with Crippen LogP contribution in [0.4, 0.5) is 0 Å². The maximum absolute atomic E-state index is 13.6. The zero-order valence-corrected chi connectivity index (χ0v) is 20.6. The van der Waals surface area contributed by atoms with E-state index < -0.39 is 15.3 Å². The lowest BCUT2D eigenvalue weighted by Crippen LogP contribution is -2.39. The fourth-order valence-electron chi connectivity index (χ4n) is 4.80. The van der Waals surface area contributed by atoms with Crippen molar-refractivity contribution in [2.45, 2.75) is 57.6 Å². The molecule has 0 saturated heterocycles. The number of hydrogen-bond acceptors (Lipinski definition) is 4. The number of allylic oxidation sites excluding steroid dienone is 4. The molecule has 3 aliphatic rings. The molecule has 5 rings (SSSR count). The first-order valence-corrected chi connectivity index (χ1v) is 13.3. The molecule has 0 fully saturated rings. The van der Waals surface area contributed by atoms with Crippen LogP contribution in [0.1, 0.15) is 62.8 Å². The van der Waals surface area contributed by atoms with Gasteiger partial charge in [0.2, 0.25) is 10.0 Å². The molecule has 7 nitrogen and oxygen atoms in total. The van der Waals surface area contributed by atoms with Crippen LogP contribution in [-0.2, 0) is 16.4 Å². The third-order valence-electron chi connectivity index (χ3n) is 6.85. The SMILES string of the molecule is CC1=CCC(S(=O)(=O)N2CCc3c([nH]n(-c4ccc(C(C)C)cc4)c3=O)C3=C2N=CCC3)C=C1. The predicted molar refractivity (Wildman–Crippen MR) is 136 cm³/mol. The molecule has 2 aromatic rings. The Morgan fingerprint density at radius 1 is 1.15 bits per heavy atom. The summed E-state index contributed by atoms with van der Waals surface area (Å²) in [7, 11) is -3.68. The van der Waals surface area contributed by atoms with Crippen molar-refractivity contribution in [2.24, 2.45) is 4.99 Å². The molecular formula is C26H30N4O3S. The molecule has 1 aromatic carbocycles. The number of aliphatic imine (C=N–C) groups is 1. The maximum Gasteiger partial charge on any atom is 0.275 e. The first-order chi connectivity index (χ1) is 16.3. The minimum atomic E-state index is -3.68. The van der Waals surface area contributed by atoms with Crippen LogP contribution in [0.25, 0.3) is 11.3 Å². The molecule has 34 heavy (non-hydrogen) atoms. The van der Waals surface area contributed by atoms with Crippen LogP contribution in [-0.4, -0.2) is 40.5 Å². The highest BCUT2D eigenvalue weighted by atomic mass is 32.2. The van der Waals surface area contributed by atoms with Gasteiger partial charge in [-0.2, -0.15) is 0 Å². The minimum absolute atomic E-state index is 0.135. The Morgan fingerprint density at radius 2 is 1.91 bits per heavy atom. The Hall–Kier alpha value is -3.13. The molecular weight excluding hydrogens is 448 g/mol. The first kappa shape index (κ1) is 22.7. The van der Waals surface area contributed by atoms with Gasteiger partial charge < -0.3 is 0 Å². The quantitative estimate of drug-likeness (QED) is 0.711. The van der Waals surface area contributed by atoms with Crippen molar-refractivity contribution in [3.8, 4) is 5.69 Å². The van der Waals surface area contributed by atoms with Gasteiger partial charge in [0.1, 0.15) is 11.1 Å². The van der Waals surface area contributed by atoms with E-state index in [-0.39, 0.29) is 12.1 Å². The molecule has 0 amide bonds. The zero-order valence-electron chi connectivity index (χ0n) is 19.8. The number of nitrogens with one attached hydrogen (secondary N) is 1. The van der Waals surface area contributed by atoms with E-state index >= 15 is 0 Å². The number of benzene rings is 1. The van der Waals surface area contributed by atoms with Gasteiger partial charge in [-0.25, -0.2) is 18.1 Å². The van der Waals surface area contributed by atoms with E-state index in [1.807, 2.05) is 43.3 Å². The summed E-state index contributed by atoms with van der Waals surface area (Å²) in [5.41, 5.74) is 5.02. The Bertz CT molecular complexity index is 1400. The second-order valence-electron chi connectivity index (χ2n) is 9.45. The molecule has 178 valence electrons. The topological polar surface area (TPSA) is 87.5 Å². The Kier molecular flexibility index (Phi) is 5.72. The highest BCUT2D eigenvalue weighted by molar-refractivity contribution is 7.90. The number of nitrogens with zero attached hydrogens (tertiary/aromatic N) is 3. The van der Waals surface area contributed by atoms with Gasteiger partial charge in [-0.3, -0.25) is 14.2 Å². The van der Waals surface area contributed by atoms with Crippen LogP contribution in [0, 0.1) is 0 Å². The summed E-state index contributed by atoms with van der Waals surface area (Å²) in [6, 6.07) is 7.97. The maximum atomic E-state index is 13.6. The smallest absolute Gasteiger partial charge is 0.275 e. The number of aromatic amines is 1. The monoisotopic (exact) mass is 478 g/mol. The molecule has 1 atom stereocenters. The number of aromatic nitrogens is 2. The van der Waals surface area contributed by atoms with E-state index in [2.05, 4.69) is 23.9 Å². The average Bonchev–Trinajstić information content (AvgIpc) is 3.05. The summed E-state index contributed by atoms with van der Waals surface area (Å²) in [6.45, 7) is 6.43. The number of H-pyrrole nitrogens is 1. The number of fused-ring (bicyclic) bond motifs is 2. The van der Waals surface area contributed by atoms with Crippen LogP contribution >= 0.6 is 0 Å². The summed E-state index contributed by atoms with van der Waals surface area (Å²) in [5, 5.41) is 2.66. The lowest BCUT2D eigenvalue weighted by molar-refractivity contribution is 0.470. The lowest BCUT2D eigenvalue weighted by atomic mass is 10.0. The van der Waals surface area contributed by atoms with Gasteiger partial charge in [-0.05, 0) is 56.2 Å². The van der Waals surface area contributed by atoms with Gasteiger partial charge >= 0.3 is 0 Å². The van der Waals surface area contributed by atoms with Crippen molar-refractivity contribution >= 4 is 21.8 Å². The van der Waals surface area contributed by atoms with Crippen LogP contribution in [0.3, 0.4) is 0 Å². The van der Waals surface area contributed by atoms with Gasteiger partial charge in [0.15, 0.2) is 0 Å². The van der Waals surface area contributed by atoms with Gasteiger partial charge in [-0.1, -0.05) is 49.8 Å². The van der Waals surface area contributed by atoms with Crippen LogP contribution in [0.5, 0.6) is 0 Å². The Morgan fingerprint density at radius 3 is 2.59 bits per heavy atom. The standard InChI is InChI=1S/C26H30N4O3S/c1-17(2)19-8-10-20(11-9-19)30-26(31)23-14-16-29(25-22(24(23)28-30)5-4-15-27-25)34(32,33)21-12-6-18(3)7-13-21/h6-12,15,17,21,28H,4-5,13-14,16H2,1-3H3. The highest BCUT2D eigenvalue weighted by Gasteiger charge is 2.37. The normalized spacial score (nSPS) is 20.3. The largest absolute Gasteiger partial charge is 0.290 e. The molecule has 0 saturated carbocycles. The van der Waals surface area contributed by atoms with E-state index in [9.17, 15) is 13.2 Å². The van der Waals surface area contributed by atoms with E-state index in [0.717, 1.165) is 16.8 Å². The van der Waals surface area contributed by atoms with E-state index in [4.69, 9.17) is 0 Å². The second-order valence-corrected chi connectivity index (χ2v) is 11.5. The van der Waals surface area contributed by atoms with Crippen LogP contribution in [0.15, 0.2) is 63.7 Å². The van der Waals surface area contributed by atoms with E-state index in [1.54, 1.807) is 17.0 Å². The molecule has 1 N–H and O–H groups in total. The van der Waals surface area contributed by atoms with Crippen LogP contribution < -0.4 is 5.56 Å². The van der Waals surface area contributed by atoms with Crippen molar-refractivity contribution in [1.29, 1.82) is 0 Å². The summed E-state index contributed by atoms with van der Waals surface area (Å²) in [5.74, 6) is 0.846. The second kappa shape index (κ2) is 8.58. The number of sulfonamides is 1. The van der Waals surface area contributed by atoms with Crippen LogP contribution in [0.2, 0.25) is 0 Å². The summed E-state index contributed by atoms with van der Waals surface area (Å²) < 4.78 is 30.3. The molecule has 0 bridgehead atoms. The third-order valence-corrected chi connectivity index (χ3v) is 8.93. The molecule has 2 aliphatic heterocycles. The zero-order chi connectivity index (χ0) is 24.0. The molecule has 3 heterocycles. The summed E-state index contributed by atoms with van der Waals surface area (Å²) >= 11 is 0. The number of hydrogen-bond donors (Lipinski definition) is 1. The third kappa shape index (κ3) is 3.79. The molecule has 1 unspecified atom stereocenters. The highest BCUT2D eigenvalue weighted by Crippen LogP contribution is 2.36. The average molecular weight is 479 g/mol. The van der Waals surface area contributed by atoms with Crippen molar-refractivity contribution in [1.82, 2.24) is 14.1 Å². The Labute approximate surface area is 200 Å². The Balaban J connectivity index is 1.58. The molecule has 1 aromatic heterocycles. The fourth-order valence-corrected chi connectivity index (χ4v) is 6.49. The summed E-state index contributed by atoms with van der Waals surface area (Å²) in [4.78, 5) is 18.0. The molecule has 0 spiro atoms. The minimum Gasteiger partial charge on any atom is -0.290 e. The van der Waals surface area contributed by atoms with Crippen molar-refractivity contribution in [3.63, 3.8) is 0 Å². The predicted octanol–water partition coefficient (Wildman–Crippen LogP) is 4.28. The first-order valence-electron chi connectivity index (χ1n) is 11.8. The van der Waals surface area contributed by atoms with Crippen molar-refractivity contribution < 1.29 is 8.42 Å². The lowest BCUT2D eigenvalue weighted by Gasteiger charge is -2.29. The van der Waals surface area contributed by atoms with Gasteiger partial charge in [0.05, 0.1) is 11.4 Å². The number of rotatable bonds is 4.